The van der Waals surface area contributed by atoms with Crippen molar-refractivity contribution >= 4 is 0 Å². The van der Waals surface area contributed by atoms with Crippen LogP contribution in [0.2, 0.25) is 0 Å². The summed E-state index contributed by atoms with van der Waals surface area (Å²) < 4.78 is 0. The molecule has 3 heteroatoms. The topological polar surface area (TPSA) is 35.5 Å². The molecule has 1 aromatic carbocycles. The fourth-order valence-corrected chi connectivity index (χ4v) is 3.12. The summed E-state index contributed by atoms with van der Waals surface area (Å²) in [6.45, 7) is 4.99. The number of nitrogens with one attached hydrogen (secondary N) is 1. The van der Waals surface area contributed by atoms with E-state index in [1.165, 1.54) is 5.56 Å². The molecule has 0 aliphatic carbocycles. The first-order valence-corrected chi connectivity index (χ1v) is 6.44. The Morgan fingerprint density at radius 2 is 2.06 bits per heavy atom. The van der Waals surface area contributed by atoms with Crippen LogP contribution in [0.5, 0.6) is 0 Å². The molecular weight excluding hydrogens is 212 g/mol. The van der Waals surface area contributed by atoms with Gasteiger partial charge in [0, 0.05) is 31.6 Å². The second-order valence-corrected chi connectivity index (χ2v) is 5.47. The molecule has 1 unspecified atom stereocenters. The lowest BCUT2D eigenvalue weighted by atomic mass is 9.71. The fraction of sp³-hybridized carbons (Fsp3) is 0.571. The number of piperidine rings is 1. The SMILES string of the molecule is OC1CCNCC12CN(Cc1ccccc1)C2. The average molecular weight is 232 g/mol. The minimum atomic E-state index is -0.115. The maximum atomic E-state index is 10.1. The van der Waals surface area contributed by atoms with Gasteiger partial charge in [0.2, 0.25) is 0 Å². The van der Waals surface area contributed by atoms with Crippen molar-refractivity contribution in [3.8, 4) is 0 Å². The van der Waals surface area contributed by atoms with Crippen molar-refractivity contribution in [1.29, 1.82) is 0 Å². The third kappa shape index (κ3) is 2.10. The van der Waals surface area contributed by atoms with Crippen LogP contribution >= 0.6 is 0 Å². The number of hydrogen-bond acceptors (Lipinski definition) is 3. The zero-order chi connectivity index (χ0) is 11.7. The quantitative estimate of drug-likeness (QED) is 0.793. The predicted octanol–water partition coefficient (Wildman–Crippen LogP) is 0.843. The monoisotopic (exact) mass is 232 g/mol. The Labute approximate surface area is 102 Å². The van der Waals surface area contributed by atoms with Gasteiger partial charge in [-0.25, -0.2) is 0 Å². The van der Waals surface area contributed by atoms with E-state index in [1.54, 1.807) is 0 Å². The van der Waals surface area contributed by atoms with Gasteiger partial charge in [0.15, 0.2) is 0 Å². The van der Waals surface area contributed by atoms with Crippen LogP contribution < -0.4 is 5.32 Å². The molecule has 1 spiro atoms. The molecule has 0 amide bonds. The van der Waals surface area contributed by atoms with Gasteiger partial charge in [0.05, 0.1) is 6.10 Å². The summed E-state index contributed by atoms with van der Waals surface area (Å²) in [4.78, 5) is 2.42. The molecule has 2 aliphatic rings. The van der Waals surface area contributed by atoms with Crippen LogP contribution in [0.3, 0.4) is 0 Å². The highest BCUT2D eigenvalue weighted by Crippen LogP contribution is 2.37. The zero-order valence-electron chi connectivity index (χ0n) is 10.1. The second kappa shape index (κ2) is 4.41. The molecule has 3 nitrogen and oxygen atoms in total. The van der Waals surface area contributed by atoms with E-state index in [4.69, 9.17) is 0 Å². The molecule has 0 saturated carbocycles. The lowest BCUT2D eigenvalue weighted by molar-refractivity contribution is -0.109. The summed E-state index contributed by atoms with van der Waals surface area (Å²) in [5, 5.41) is 13.5. The lowest BCUT2D eigenvalue weighted by Crippen LogP contribution is -2.67. The molecule has 2 N–H and O–H groups in total. The number of rotatable bonds is 2. The second-order valence-electron chi connectivity index (χ2n) is 5.47. The molecule has 1 aromatic rings. The highest BCUT2D eigenvalue weighted by molar-refractivity contribution is 5.16. The van der Waals surface area contributed by atoms with Gasteiger partial charge in [0.25, 0.3) is 0 Å². The van der Waals surface area contributed by atoms with E-state index in [0.29, 0.717) is 0 Å². The number of benzene rings is 1. The molecule has 3 rings (SSSR count). The van der Waals surface area contributed by atoms with Crippen molar-refractivity contribution in [1.82, 2.24) is 10.2 Å². The van der Waals surface area contributed by atoms with E-state index < -0.39 is 0 Å². The summed E-state index contributed by atoms with van der Waals surface area (Å²) in [6, 6.07) is 10.6. The minimum Gasteiger partial charge on any atom is -0.392 e. The molecule has 2 fully saturated rings. The van der Waals surface area contributed by atoms with Crippen molar-refractivity contribution in [3.05, 3.63) is 35.9 Å². The average Bonchev–Trinajstić information content (AvgIpc) is 2.31. The van der Waals surface area contributed by atoms with Gasteiger partial charge in [-0.3, -0.25) is 4.90 Å². The molecule has 1 atom stereocenters. The van der Waals surface area contributed by atoms with Crippen LogP contribution in [0.4, 0.5) is 0 Å². The first-order chi connectivity index (χ1) is 8.28. The van der Waals surface area contributed by atoms with Crippen LogP contribution in [-0.2, 0) is 6.54 Å². The molecule has 92 valence electrons. The van der Waals surface area contributed by atoms with Crippen molar-refractivity contribution < 1.29 is 5.11 Å². The van der Waals surface area contributed by atoms with Crippen LogP contribution in [0, 0.1) is 5.41 Å². The van der Waals surface area contributed by atoms with Gasteiger partial charge >= 0.3 is 0 Å². The molecule has 17 heavy (non-hydrogen) atoms. The van der Waals surface area contributed by atoms with E-state index in [0.717, 1.165) is 39.1 Å². The summed E-state index contributed by atoms with van der Waals surface area (Å²) in [6.07, 6.45) is 0.787. The summed E-state index contributed by atoms with van der Waals surface area (Å²) in [5.41, 5.74) is 1.49. The van der Waals surface area contributed by atoms with Crippen LogP contribution in [0.1, 0.15) is 12.0 Å². The normalized spacial score (nSPS) is 27.9. The maximum absolute atomic E-state index is 10.1. The van der Waals surface area contributed by atoms with Crippen molar-refractivity contribution in [2.45, 2.75) is 19.1 Å². The van der Waals surface area contributed by atoms with Crippen molar-refractivity contribution in [3.63, 3.8) is 0 Å². The first kappa shape index (κ1) is 11.2. The van der Waals surface area contributed by atoms with Gasteiger partial charge in [0.1, 0.15) is 0 Å². The molecule has 0 aromatic heterocycles. The minimum absolute atomic E-state index is 0.115. The highest BCUT2D eigenvalue weighted by atomic mass is 16.3. The lowest BCUT2D eigenvalue weighted by Gasteiger charge is -2.55. The highest BCUT2D eigenvalue weighted by Gasteiger charge is 2.49. The Balaban J connectivity index is 1.57. The predicted molar refractivity (Wildman–Crippen MR) is 67.6 cm³/mol. The molecule has 2 saturated heterocycles. The van der Waals surface area contributed by atoms with E-state index in [-0.39, 0.29) is 11.5 Å². The van der Waals surface area contributed by atoms with E-state index in [9.17, 15) is 5.11 Å². The van der Waals surface area contributed by atoms with Crippen molar-refractivity contribution in [2.24, 2.45) is 5.41 Å². The van der Waals surface area contributed by atoms with Crippen molar-refractivity contribution in [2.75, 3.05) is 26.2 Å². The van der Waals surface area contributed by atoms with Gasteiger partial charge in [-0.2, -0.15) is 0 Å². The first-order valence-electron chi connectivity index (χ1n) is 6.44. The Morgan fingerprint density at radius 3 is 2.76 bits per heavy atom. The summed E-state index contributed by atoms with van der Waals surface area (Å²) in [7, 11) is 0. The largest absolute Gasteiger partial charge is 0.392 e. The Morgan fingerprint density at radius 1 is 1.29 bits per heavy atom. The Bertz CT molecular complexity index is 373. The molecule has 2 aliphatic heterocycles. The summed E-state index contributed by atoms with van der Waals surface area (Å²) >= 11 is 0. The molecule has 0 radical (unpaired) electrons. The van der Waals surface area contributed by atoms with Gasteiger partial charge in [-0.05, 0) is 18.5 Å². The molecule has 0 bridgehead atoms. The summed E-state index contributed by atoms with van der Waals surface area (Å²) in [5.74, 6) is 0. The maximum Gasteiger partial charge on any atom is 0.0645 e. The Kier molecular flexibility index (Phi) is 2.90. The van der Waals surface area contributed by atoms with E-state index >= 15 is 0 Å². The number of likely N-dealkylation sites (tertiary alicyclic amines) is 1. The Hall–Kier alpha value is -0.900. The van der Waals surface area contributed by atoms with Crippen LogP contribution in [0.15, 0.2) is 30.3 Å². The third-order valence-electron chi connectivity index (χ3n) is 4.10. The molecular formula is C14H20N2O. The fourth-order valence-electron chi connectivity index (χ4n) is 3.12. The molecule has 2 heterocycles. The van der Waals surface area contributed by atoms with E-state index in [1.807, 2.05) is 0 Å². The van der Waals surface area contributed by atoms with Gasteiger partial charge < -0.3 is 10.4 Å². The number of hydrogen-bond donors (Lipinski definition) is 2. The van der Waals surface area contributed by atoms with Crippen LogP contribution in [0.25, 0.3) is 0 Å². The number of aliphatic hydroxyl groups is 1. The number of aliphatic hydroxyl groups excluding tert-OH is 1. The smallest absolute Gasteiger partial charge is 0.0645 e. The third-order valence-corrected chi connectivity index (χ3v) is 4.10. The number of nitrogens with zero attached hydrogens (tertiary/aromatic N) is 1. The zero-order valence-corrected chi connectivity index (χ0v) is 10.1. The standard InChI is InChI=1S/C14H20N2O/c17-13-6-7-15-9-14(13)10-16(11-14)8-12-4-2-1-3-5-12/h1-5,13,15,17H,6-11H2. The van der Waals surface area contributed by atoms with Crippen LogP contribution in [-0.4, -0.2) is 42.3 Å². The van der Waals surface area contributed by atoms with Gasteiger partial charge in [-0.1, -0.05) is 30.3 Å². The van der Waals surface area contributed by atoms with E-state index in [2.05, 4.69) is 40.5 Å². The van der Waals surface area contributed by atoms with Gasteiger partial charge in [-0.15, -0.1) is 0 Å².